The van der Waals surface area contributed by atoms with Crippen molar-refractivity contribution >= 4 is 32.4 Å². The number of aryl methyl sites for hydroxylation is 1. The number of hydrogen-bond acceptors (Lipinski definition) is 3. The molecule has 1 amide bonds. The van der Waals surface area contributed by atoms with Crippen LogP contribution in [0.1, 0.15) is 30.5 Å². The van der Waals surface area contributed by atoms with E-state index < -0.39 is 10.0 Å². The SMILES string of the molecule is CC[C@H](NC(=O)CN(c1cccc2ccccc12)S(C)(=O)=O)c1ccc(C)cc1. The van der Waals surface area contributed by atoms with E-state index >= 15 is 0 Å². The Kier molecular flexibility index (Phi) is 6.23. The quantitative estimate of drug-likeness (QED) is 0.635. The Hall–Kier alpha value is -2.86. The van der Waals surface area contributed by atoms with Crippen molar-refractivity contribution in [3.8, 4) is 0 Å². The molecule has 5 nitrogen and oxygen atoms in total. The number of carbonyl (C=O) groups excluding carboxylic acids is 1. The third kappa shape index (κ3) is 4.95. The predicted octanol–water partition coefficient (Wildman–Crippen LogP) is 4.18. The van der Waals surface area contributed by atoms with Crippen LogP contribution in [-0.4, -0.2) is 27.1 Å². The van der Waals surface area contributed by atoms with Gasteiger partial charge in [0.05, 0.1) is 18.0 Å². The molecule has 1 N–H and O–H groups in total. The zero-order valence-corrected chi connectivity index (χ0v) is 17.7. The minimum atomic E-state index is -3.64. The Morgan fingerprint density at radius 3 is 2.31 bits per heavy atom. The first kappa shape index (κ1) is 20.9. The van der Waals surface area contributed by atoms with Crippen molar-refractivity contribution in [2.45, 2.75) is 26.3 Å². The highest BCUT2D eigenvalue weighted by molar-refractivity contribution is 7.92. The topological polar surface area (TPSA) is 66.5 Å². The van der Waals surface area contributed by atoms with E-state index in [9.17, 15) is 13.2 Å². The Balaban J connectivity index is 1.87. The summed E-state index contributed by atoms with van der Waals surface area (Å²) in [7, 11) is -3.64. The number of sulfonamides is 1. The predicted molar refractivity (Wildman–Crippen MR) is 118 cm³/mol. The van der Waals surface area contributed by atoms with Gasteiger partial charge >= 0.3 is 0 Å². The lowest BCUT2D eigenvalue weighted by molar-refractivity contribution is -0.120. The number of hydrogen-bond donors (Lipinski definition) is 1. The molecule has 3 aromatic rings. The molecule has 0 aliphatic rings. The maximum Gasteiger partial charge on any atom is 0.241 e. The highest BCUT2D eigenvalue weighted by Gasteiger charge is 2.24. The smallest absolute Gasteiger partial charge is 0.241 e. The number of fused-ring (bicyclic) bond motifs is 1. The lowest BCUT2D eigenvalue weighted by Gasteiger charge is -2.25. The molecule has 0 spiro atoms. The highest BCUT2D eigenvalue weighted by atomic mass is 32.2. The molecule has 0 aromatic heterocycles. The summed E-state index contributed by atoms with van der Waals surface area (Å²) in [5.41, 5.74) is 2.65. The summed E-state index contributed by atoms with van der Waals surface area (Å²) < 4.78 is 26.2. The van der Waals surface area contributed by atoms with Crippen LogP contribution in [0.15, 0.2) is 66.7 Å². The van der Waals surface area contributed by atoms with E-state index in [1.54, 1.807) is 12.1 Å². The molecule has 0 bridgehead atoms. The van der Waals surface area contributed by atoms with Crippen molar-refractivity contribution in [1.82, 2.24) is 5.32 Å². The van der Waals surface area contributed by atoms with E-state index in [-0.39, 0.29) is 18.5 Å². The van der Waals surface area contributed by atoms with E-state index in [1.165, 1.54) is 4.31 Å². The molecular formula is C23H26N2O3S. The third-order valence-corrected chi connectivity index (χ3v) is 6.07. The second kappa shape index (κ2) is 8.66. The van der Waals surface area contributed by atoms with E-state index in [4.69, 9.17) is 0 Å². The van der Waals surface area contributed by atoms with Gasteiger partial charge in [-0.2, -0.15) is 0 Å². The zero-order valence-electron chi connectivity index (χ0n) is 16.9. The summed E-state index contributed by atoms with van der Waals surface area (Å²) >= 11 is 0. The van der Waals surface area contributed by atoms with Gasteiger partial charge in [-0.1, -0.05) is 73.2 Å². The van der Waals surface area contributed by atoms with Crippen LogP contribution in [0.2, 0.25) is 0 Å². The number of anilines is 1. The number of carbonyl (C=O) groups is 1. The van der Waals surface area contributed by atoms with Gasteiger partial charge in [0.1, 0.15) is 6.54 Å². The molecule has 3 rings (SSSR count). The molecular weight excluding hydrogens is 384 g/mol. The lowest BCUT2D eigenvalue weighted by Crippen LogP contribution is -2.41. The van der Waals surface area contributed by atoms with E-state index in [0.717, 1.165) is 28.2 Å². The second-order valence-electron chi connectivity index (χ2n) is 7.21. The van der Waals surface area contributed by atoms with Gasteiger partial charge in [-0.3, -0.25) is 9.10 Å². The molecule has 3 aromatic carbocycles. The summed E-state index contributed by atoms with van der Waals surface area (Å²) in [6, 6.07) is 20.8. The van der Waals surface area contributed by atoms with E-state index in [2.05, 4.69) is 5.32 Å². The lowest BCUT2D eigenvalue weighted by atomic mass is 10.0. The number of rotatable bonds is 7. The first-order valence-corrected chi connectivity index (χ1v) is 11.5. The molecule has 0 heterocycles. The largest absolute Gasteiger partial charge is 0.348 e. The maximum atomic E-state index is 12.8. The van der Waals surface area contributed by atoms with Crippen molar-refractivity contribution in [3.63, 3.8) is 0 Å². The van der Waals surface area contributed by atoms with Crippen LogP contribution in [-0.2, 0) is 14.8 Å². The van der Waals surface area contributed by atoms with Gasteiger partial charge in [-0.25, -0.2) is 8.42 Å². The Labute approximate surface area is 172 Å². The summed E-state index contributed by atoms with van der Waals surface area (Å²) in [6.07, 6.45) is 1.83. The normalized spacial score (nSPS) is 12.5. The van der Waals surface area contributed by atoms with E-state index in [0.29, 0.717) is 12.1 Å². The van der Waals surface area contributed by atoms with Crippen molar-refractivity contribution in [1.29, 1.82) is 0 Å². The minimum Gasteiger partial charge on any atom is -0.348 e. The average Bonchev–Trinajstić information content (AvgIpc) is 2.70. The maximum absolute atomic E-state index is 12.8. The van der Waals surface area contributed by atoms with Crippen LogP contribution in [0, 0.1) is 6.92 Å². The fourth-order valence-electron chi connectivity index (χ4n) is 3.40. The Bertz CT molecular complexity index is 1100. The van der Waals surface area contributed by atoms with Crippen molar-refractivity contribution < 1.29 is 13.2 Å². The number of nitrogens with one attached hydrogen (secondary N) is 1. The molecule has 0 unspecified atom stereocenters. The van der Waals surface area contributed by atoms with Gasteiger partial charge in [-0.15, -0.1) is 0 Å². The number of benzene rings is 3. The molecule has 1 atom stereocenters. The molecule has 152 valence electrons. The standard InChI is InChI=1S/C23H26N2O3S/c1-4-21(19-14-12-17(2)13-15-19)24-23(26)16-25(29(3,27)28)22-11-7-9-18-8-5-6-10-20(18)22/h5-15,21H,4,16H2,1-3H3,(H,24,26)/t21-/m0/s1. The van der Waals surface area contributed by atoms with E-state index in [1.807, 2.05) is 68.4 Å². The van der Waals surface area contributed by atoms with Gasteiger partial charge in [-0.05, 0) is 30.4 Å². The van der Waals surface area contributed by atoms with Crippen molar-refractivity contribution in [2.24, 2.45) is 0 Å². The molecule has 0 radical (unpaired) electrons. The molecule has 0 aliphatic heterocycles. The van der Waals surface area contributed by atoms with Gasteiger partial charge in [0.2, 0.25) is 15.9 Å². The third-order valence-electron chi connectivity index (χ3n) is 4.95. The average molecular weight is 411 g/mol. The number of amides is 1. The van der Waals surface area contributed by atoms with Crippen LogP contribution < -0.4 is 9.62 Å². The molecule has 0 fully saturated rings. The summed E-state index contributed by atoms with van der Waals surface area (Å²) in [6.45, 7) is 3.73. The molecule has 6 heteroatoms. The molecule has 0 saturated heterocycles. The van der Waals surface area contributed by atoms with Gasteiger partial charge < -0.3 is 5.32 Å². The fourth-order valence-corrected chi connectivity index (χ4v) is 4.27. The molecule has 0 saturated carbocycles. The van der Waals surface area contributed by atoms with Crippen LogP contribution in [0.5, 0.6) is 0 Å². The molecule has 29 heavy (non-hydrogen) atoms. The van der Waals surface area contributed by atoms with Crippen molar-refractivity contribution in [2.75, 3.05) is 17.1 Å². The Morgan fingerprint density at radius 2 is 1.66 bits per heavy atom. The first-order chi connectivity index (χ1) is 13.8. The minimum absolute atomic E-state index is 0.169. The van der Waals surface area contributed by atoms with Crippen LogP contribution in [0.4, 0.5) is 5.69 Å². The molecule has 0 aliphatic carbocycles. The highest BCUT2D eigenvalue weighted by Crippen LogP contribution is 2.28. The zero-order chi connectivity index (χ0) is 21.0. The summed E-state index contributed by atoms with van der Waals surface area (Å²) in [4.78, 5) is 12.8. The second-order valence-corrected chi connectivity index (χ2v) is 9.11. The Morgan fingerprint density at radius 1 is 1.00 bits per heavy atom. The number of nitrogens with zero attached hydrogens (tertiary/aromatic N) is 1. The van der Waals surface area contributed by atoms with Crippen LogP contribution in [0.3, 0.4) is 0 Å². The van der Waals surface area contributed by atoms with Gasteiger partial charge in [0.25, 0.3) is 0 Å². The van der Waals surface area contributed by atoms with Gasteiger partial charge in [0.15, 0.2) is 0 Å². The van der Waals surface area contributed by atoms with Crippen LogP contribution >= 0.6 is 0 Å². The van der Waals surface area contributed by atoms with Gasteiger partial charge in [0, 0.05) is 5.39 Å². The fraction of sp³-hybridized carbons (Fsp3) is 0.261. The first-order valence-electron chi connectivity index (χ1n) is 9.61. The van der Waals surface area contributed by atoms with Crippen LogP contribution in [0.25, 0.3) is 10.8 Å². The monoisotopic (exact) mass is 410 g/mol. The summed E-state index contributed by atoms with van der Waals surface area (Å²) in [5, 5.41) is 4.69. The summed E-state index contributed by atoms with van der Waals surface area (Å²) in [5.74, 6) is -0.337. The van der Waals surface area contributed by atoms with Crippen molar-refractivity contribution in [3.05, 3.63) is 77.9 Å².